The van der Waals surface area contributed by atoms with Crippen molar-refractivity contribution in [1.82, 2.24) is 0 Å². The van der Waals surface area contributed by atoms with Gasteiger partial charge in [0.1, 0.15) is 6.04 Å². The summed E-state index contributed by atoms with van der Waals surface area (Å²) >= 11 is 0. The first-order valence-electron chi connectivity index (χ1n) is 13.6. The number of rotatable bonds is 17. The molecule has 2 aromatic carbocycles. The molecule has 0 N–H and O–H groups in total. The van der Waals surface area contributed by atoms with E-state index in [1.165, 1.54) is 12.8 Å². The average molecular weight is 494 g/mol. The summed E-state index contributed by atoms with van der Waals surface area (Å²) in [5.74, 6) is -0.343. The predicted molar refractivity (Wildman–Crippen MR) is 146 cm³/mol. The summed E-state index contributed by atoms with van der Waals surface area (Å²) in [6, 6.07) is 19.5. The highest BCUT2D eigenvalue weighted by molar-refractivity contribution is 6.13. The van der Waals surface area contributed by atoms with Crippen molar-refractivity contribution in [3.05, 3.63) is 71.8 Å². The number of hydrogen-bond acceptors (Lipinski definition) is 5. The molecule has 2 rings (SSSR count). The molecule has 0 spiro atoms. The lowest BCUT2D eigenvalue weighted by Gasteiger charge is -2.15. The second kappa shape index (κ2) is 17.5. The minimum absolute atomic E-state index is 0.0325. The van der Waals surface area contributed by atoms with E-state index in [2.05, 4.69) is 0 Å². The normalized spacial score (nSPS) is 11.7. The number of nitrogens with zero attached hydrogens (tertiary/aromatic N) is 1. The number of esters is 2. The number of unbranched alkanes of at least 4 members (excludes halogenated alkanes) is 7. The molecule has 0 amide bonds. The molecule has 0 heterocycles. The quantitative estimate of drug-likeness (QED) is 0.132. The van der Waals surface area contributed by atoms with Gasteiger partial charge in [0.25, 0.3) is 0 Å². The maximum atomic E-state index is 12.8. The van der Waals surface area contributed by atoms with Crippen molar-refractivity contribution >= 4 is 17.7 Å². The Bertz CT molecular complexity index is 867. The molecule has 0 fully saturated rings. The van der Waals surface area contributed by atoms with Crippen LogP contribution >= 0.6 is 0 Å². The van der Waals surface area contributed by atoms with Crippen LogP contribution in [0.4, 0.5) is 0 Å². The fourth-order valence-electron chi connectivity index (χ4n) is 4.13. The molecule has 2 aromatic rings. The molecule has 0 bridgehead atoms. The van der Waals surface area contributed by atoms with Gasteiger partial charge in [0.2, 0.25) is 0 Å². The van der Waals surface area contributed by atoms with Gasteiger partial charge in [-0.1, -0.05) is 106 Å². The van der Waals surface area contributed by atoms with E-state index in [1.54, 1.807) is 0 Å². The second-order valence-electron chi connectivity index (χ2n) is 9.38. The van der Waals surface area contributed by atoms with Gasteiger partial charge in [-0.15, -0.1) is 0 Å². The lowest BCUT2D eigenvalue weighted by molar-refractivity contribution is -0.147. The van der Waals surface area contributed by atoms with E-state index >= 15 is 0 Å². The molecular weight excluding hydrogens is 450 g/mol. The smallest absolute Gasteiger partial charge is 0.330 e. The van der Waals surface area contributed by atoms with Crippen LogP contribution in [0.3, 0.4) is 0 Å². The van der Waals surface area contributed by atoms with E-state index in [4.69, 9.17) is 14.5 Å². The van der Waals surface area contributed by atoms with Gasteiger partial charge in [0, 0.05) is 17.5 Å². The third-order valence-electron chi connectivity index (χ3n) is 5.91. The summed E-state index contributed by atoms with van der Waals surface area (Å²) in [6.45, 7) is 5.95. The van der Waals surface area contributed by atoms with Crippen molar-refractivity contribution in [1.29, 1.82) is 0 Å². The molecule has 5 heteroatoms. The van der Waals surface area contributed by atoms with Gasteiger partial charge in [0.05, 0.1) is 18.4 Å². The fourth-order valence-corrected chi connectivity index (χ4v) is 4.13. The topological polar surface area (TPSA) is 65.0 Å². The minimum atomic E-state index is -0.508. The van der Waals surface area contributed by atoms with Crippen molar-refractivity contribution in [2.75, 3.05) is 6.61 Å². The molecule has 0 aliphatic rings. The maximum Gasteiger partial charge on any atom is 0.330 e. The molecule has 1 unspecified atom stereocenters. The Labute approximate surface area is 217 Å². The molecule has 0 radical (unpaired) electrons. The van der Waals surface area contributed by atoms with Crippen LogP contribution in [0.2, 0.25) is 0 Å². The first-order chi connectivity index (χ1) is 17.5. The predicted octanol–water partition coefficient (Wildman–Crippen LogP) is 7.31. The van der Waals surface area contributed by atoms with Gasteiger partial charge in [-0.25, -0.2) is 4.79 Å². The first-order valence-corrected chi connectivity index (χ1v) is 13.6. The van der Waals surface area contributed by atoms with Crippen LogP contribution in [0.25, 0.3) is 0 Å². The van der Waals surface area contributed by atoms with E-state index in [0.29, 0.717) is 19.4 Å². The van der Waals surface area contributed by atoms with Crippen molar-refractivity contribution in [3.63, 3.8) is 0 Å². The van der Waals surface area contributed by atoms with Crippen LogP contribution < -0.4 is 0 Å². The monoisotopic (exact) mass is 493 g/mol. The number of benzene rings is 2. The zero-order valence-corrected chi connectivity index (χ0v) is 22.3. The van der Waals surface area contributed by atoms with Crippen LogP contribution in [0.1, 0.15) is 96.1 Å². The van der Waals surface area contributed by atoms with Crippen LogP contribution in [0.15, 0.2) is 65.7 Å². The highest BCUT2D eigenvalue weighted by Crippen LogP contribution is 2.17. The molecule has 0 aliphatic carbocycles. The Morgan fingerprint density at radius 1 is 0.750 bits per heavy atom. The zero-order valence-electron chi connectivity index (χ0n) is 22.3. The number of carbonyl (C=O) groups is 2. The number of aliphatic imine (C=N–C) groups is 1. The molecular formula is C31H43NO4. The van der Waals surface area contributed by atoms with Crippen LogP contribution in [-0.2, 0) is 19.1 Å². The highest BCUT2D eigenvalue weighted by atomic mass is 16.5. The average Bonchev–Trinajstić information content (AvgIpc) is 2.87. The lowest BCUT2D eigenvalue weighted by Crippen LogP contribution is -2.24. The molecule has 0 saturated carbocycles. The molecule has 0 aromatic heterocycles. The zero-order chi connectivity index (χ0) is 26.0. The van der Waals surface area contributed by atoms with E-state index < -0.39 is 6.04 Å². The first kappa shape index (κ1) is 29.3. The lowest BCUT2D eigenvalue weighted by atomic mass is 10.0. The summed E-state index contributed by atoms with van der Waals surface area (Å²) in [5.41, 5.74) is 2.82. The Kier molecular flexibility index (Phi) is 14.2. The third-order valence-corrected chi connectivity index (χ3v) is 5.91. The molecule has 0 aliphatic heterocycles. The summed E-state index contributed by atoms with van der Waals surface area (Å²) in [5, 5.41) is 0. The molecule has 196 valence electrons. The Balaban J connectivity index is 1.83. The molecule has 0 saturated heterocycles. The minimum Gasteiger partial charge on any atom is -0.464 e. The second-order valence-corrected chi connectivity index (χ2v) is 9.38. The standard InChI is InChI=1S/C31H43NO4/c1-4-35-31(34)28(23-17-9-7-5-6-8-10-18-24-29(33)36-25(2)3)32-30(26-19-13-11-14-20-26)27-21-15-12-16-22-27/h11-16,19-22,25,28H,4-10,17-18,23-24H2,1-3H3. The van der Waals surface area contributed by atoms with Gasteiger partial charge < -0.3 is 9.47 Å². The largest absolute Gasteiger partial charge is 0.464 e. The van der Waals surface area contributed by atoms with E-state index in [-0.39, 0.29) is 18.0 Å². The highest BCUT2D eigenvalue weighted by Gasteiger charge is 2.20. The number of ether oxygens (including phenoxy) is 2. The van der Waals surface area contributed by atoms with Gasteiger partial charge in [-0.05, 0) is 33.6 Å². The maximum absolute atomic E-state index is 12.8. The molecule has 36 heavy (non-hydrogen) atoms. The Hall–Kier alpha value is -2.95. The van der Waals surface area contributed by atoms with Gasteiger partial charge in [-0.3, -0.25) is 9.79 Å². The summed E-state index contributed by atoms with van der Waals surface area (Å²) in [4.78, 5) is 29.3. The summed E-state index contributed by atoms with van der Waals surface area (Å²) < 4.78 is 10.5. The summed E-state index contributed by atoms with van der Waals surface area (Å²) in [7, 11) is 0. The van der Waals surface area contributed by atoms with Gasteiger partial charge in [0.15, 0.2) is 0 Å². The number of hydrogen-bond donors (Lipinski definition) is 0. The van der Waals surface area contributed by atoms with E-state index in [0.717, 1.165) is 55.4 Å². The third kappa shape index (κ3) is 11.7. The van der Waals surface area contributed by atoms with Crippen LogP contribution in [0.5, 0.6) is 0 Å². The van der Waals surface area contributed by atoms with Crippen LogP contribution in [-0.4, -0.2) is 36.4 Å². The van der Waals surface area contributed by atoms with Crippen molar-refractivity contribution in [3.8, 4) is 0 Å². The van der Waals surface area contributed by atoms with Crippen molar-refractivity contribution in [2.45, 2.75) is 97.1 Å². The molecule has 1 atom stereocenters. The Morgan fingerprint density at radius 3 is 1.75 bits per heavy atom. The number of carbonyl (C=O) groups excluding carboxylic acids is 2. The Morgan fingerprint density at radius 2 is 1.25 bits per heavy atom. The summed E-state index contributed by atoms with van der Waals surface area (Å²) in [6.07, 6.45) is 9.75. The van der Waals surface area contributed by atoms with Crippen molar-refractivity contribution in [2.24, 2.45) is 4.99 Å². The fraction of sp³-hybridized carbons (Fsp3) is 0.516. The van der Waals surface area contributed by atoms with E-state index in [9.17, 15) is 9.59 Å². The van der Waals surface area contributed by atoms with E-state index in [1.807, 2.05) is 81.4 Å². The SMILES string of the molecule is CCOC(=O)C(CCCCCCCCCCC(=O)OC(C)C)N=C(c1ccccc1)c1ccccc1. The van der Waals surface area contributed by atoms with Gasteiger partial charge >= 0.3 is 11.9 Å². The van der Waals surface area contributed by atoms with Gasteiger partial charge in [-0.2, -0.15) is 0 Å². The van der Waals surface area contributed by atoms with Crippen molar-refractivity contribution < 1.29 is 19.1 Å². The molecule has 5 nitrogen and oxygen atoms in total. The van der Waals surface area contributed by atoms with Crippen LogP contribution in [0, 0.1) is 0 Å².